The fourth-order valence-corrected chi connectivity index (χ4v) is 3.29. The van der Waals surface area contributed by atoms with E-state index in [-0.39, 0.29) is 22.9 Å². The van der Waals surface area contributed by atoms with Crippen LogP contribution in [-0.4, -0.2) is 72.7 Å². The molecule has 1 amide bonds. The number of rotatable bonds is 8. The standard InChI is InChI=1S/C21H22ClF4N3O4/c22-18-6-5-17(11-19(18)23)32-13-15(30)12-28-7-9-29(10-8-28)27-20(31)14-1-3-16(4-2-14)33-21(24,25)26/h1-6,11,15,30H,7-10,12-13H2,(H,27,31)/t15-/m1/s1. The molecule has 0 radical (unpaired) electrons. The van der Waals surface area contributed by atoms with Crippen LogP contribution < -0.4 is 14.9 Å². The average Bonchev–Trinajstić information content (AvgIpc) is 2.75. The first-order chi connectivity index (χ1) is 15.6. The summed E-state index contributed by atoms with van der Waals surface area (Å²) < 4.78 is 59.2. The maximum absolute atomic E-state index is 13.4. The van der Waals surface area contributed by atoms with E-state index in [2.05, 4.69) is 10.2 Å². The van der Waals surface area contributed by atoms with Crippen LogP contribution in [0, 0.1) is 5.82 Å². The summed E-state index contributed by atoms with van der Waals surface area (Å²) in [4.78, 5) is 14.3. The summed E-state index contributed by atoms with van der Waals surface area (Å²) in [5, 5.41) is 11.9. The molecule has 12 heteroatoms. The highest BCUT2D eigenvalue weighted by molar-refractivity contribution is 6.30. The van der Waals surface area contributed by atoms with Gasteiger partial charge in [0.15, 0.2) is 0 Å². The second-order valence-corrected chi connectivity index (χ2v) is 7.75. The number of alkyl halides is 3. The van der Waals surface area contributed by atoms with E-state index in [1.165, 1.54) is 24.3 Å². The lowest BCUT2D eigenvalue weighted by Gasteiger charge is -2.35. The van der Waals surface area contributed by atoms with Crippen LogP contribution in [0.15, 0.2) is 42.5 Å². The Morgan fingerprint density at radius 2 is 1.73 bits per heavy atom. The van der Waals surface area contributed by atoms with Crippen LogP contribution in [0.3, 0.4) is 0 Å². The summed E-state index contributed by atoms with van der Waals surface area (Å²) in [6, 6.07) is 8.66. The van der Waals surface area contributed by atoms with Crippen LogP contribution in [0.5, 0.6) is 11.5 Å². The number of β-amino-alcohol motifs (C(OH)–C–C–N with tert-alkyl or cyclic N) is 1. The van der Waals surface area contributed by atoms with Gasteiger partial charge in [-0.3, -0.25) is 15.1 Å². The SMILES string of the molecule is O=C(NN1CCN(C[C@@H](O)COc2ccc(Cl)c(F)c2)CC1)c1ccc(OC(F)(F)F)cc1. The molecule has 0 unspecified atom stereocenters. The first kappa shape index (κ1) is 25.0. The molecule has 1 aliphatic rings. The number of piperazine rings is 1. The van der Waals surface area contributed by atoms with Crippen molar-refractivity contribution in [1.29, 1.82) is 0 Å². The molecule has 0 saturated carbocycles. The zero-order valence-electron chi connectivity index (χ0n) is 17.3. The Bertz CT molecular complexity index is 938. The molecule has 0 spiro atoms. The van der Waals surface area contributed by atoms with E-state index in [0.717, 1.165) is 18.2 Å². The van der Waals surface area contributed by atoms with Crippen molar-refractivity contribution in [3.8, 4) is 11.5 Å². The highest BCUT2D eigenvalue weighted by atomic mass is 35.5. The molecule has 7 nitrogen and oxygen atoms in total. The normalized spacial score (nSPS) is 16.3. The Morgan fingerprint density at radius 1 is 1.09 bits per heavy atom. The highest BCUT2D eigenvalue weighted by Crippen LogP contribution is 2.23. The summed E-state index contributed by atoms with van der Waals surface area (Å²) >= 11 is 5.62. The van der Waals surface area contributed by atoms with Crippen LogP contribution in [0.1, 0.15) is 10.4 Å². The summed E-state index contributed by atoms with van der Waals surface area (Å²) in [5.74, 6) is -1.20. The van der Waals surface area contributed by atoms with E-state index >= 15 is 0 Å². The first-order valence-corrected chi connectivity index (χ1v) is 10.4. The fourth-order valence-electron chi connectivity index (χ4n) is 3.17. The van der Waals surface area contributed by atoms with Gasteiger partial charge < -0.3 is 14.6 Å². The Hall–Kier alpha value is -2.60. The molecular formula is C21H22ClF4N3O4. The van der Waals surface area contributed by atoms with Crippen molar-refractivity contribution in [2.45, 2.75) is 12.5 Å². The van der Waals surface area contributed by atoms with Crippen molar-refractivity contribution in [2.24, 2.45) is 0 Å². The number of aliphatic hydroxyl groups is 1. The van der Waals surface area contributed by atoms with Crippen LogP contribution >= 0.6 is 11.6 Å². The predicted molar refractivity (Wildman–Crippen MR) is 112 cm³/mol. The summed E-state index contributed by atoms with van der Waals surface area (Å²) in [6.07, 6.45) is -5.60. The second kappa shape index (κ2) is 11.0. The van der Waals surface area contributed by atoms with E-state index in [1.807, 2.05) is 4.90 Å². The number of ether oxygens (including phenoxy) is 2. The van der Waals surface area contributed by atoms with Crippen molar-refractivity contribution in [2.75, 3.05) is 39.3 Å². The van der Waals surface area contributed by atoms with Gasteiger partial charge in [-0.1, -0.05) is 11.6 Å². The Morgan fingerprint density at radius 3 is 2.33 bits per heavy atom. The lowest BCUT2D eigenvalue weighted by Crippen LogP contribution is -2.54. The second-order valence-electron chi connectivity index (χ2n) is 7.34. The van der Waals surface area contributed by atoms with Crippen molar-refractivity contribution in [3.05, 3.63) is 58.9 Å². The van der Waals surface area contributed by atoms with Crippen molar-refractivity contribution >= 4 is 17.5 Å². The third-order valence-electron chi connectivity index (χ3n) is 4.78. The molecule has 3 rings (SSSR count). The molecule has 0 aromatic heterocycles. The van der Waals surface area contributed by atoms with Gasteiger partial charge >= 0.3 is 6.36 Å². The summed E-state index contributed by atoms with van der Waals surface area (Å²) in [5.41, 5.74) is 2.90. The van der Waals surface area contributed by atoms with Gasteiger partial charge in [0.25, 0.3) is 5.91 Å². The van der Waals surface area contributed by atoms with Gasteiger partial charge in [0.1, 0.15) is 30.0 Å². The van der Waals surface area contributed by atoms with E-state index < -0.39 is 29.9 Å². The molecule has 1 aliphatic heterocycles. The quantitative estimate of drug-likeness (QED) is 0.553. The molecule has 2 aromatic rings. The monoisotopic (exact) mass is 491 g/mol. The number of nitrogens with zero attached hydrogens (tertiary/aromatic N) is 2. The lowest BCUT2D eigenvalue weighted by molar-refractivity contribution is -0.274. The number of amides is 1. The van der Waals surface area contributed by atoms with Crippen molar-refractivity contribution in [1.82, 2.24) is 15.3 Å². The van der Waals surface area contributed by atoms with Crippen molar-refractivity contribution in [3.63, 3.8) is 0 Å². The number of nitrogens with one attached hydrogen (secondary N) is 1. The predicted octanol–water partition coefficient (Wildman–Crippen LogP) is 3.08. The van der Waals surface area contributed by atoms with Crippen LogP contribution in [0.2, 0.25) is 5.02 Å². The molecule has 2 aromatic carbocycles. The Balaban J connectivity index is 1.38. The maximum atomic E-state index is 13.4. The molecule has 1 fully saturated rings. The molecule has 0 bridgehead atoms. The molecule has 1 atom stereocenters. The molecular weight excluding hydrogens is 470 g/mol. The Labute approximate surface area is 192 Å². The van der Waals surface area contributed by atoms with Gasteiger partial charge in [-0.05, 0) is 36.4 Å². The van der Waals surface area contributed by atoms with Gasteiger partial charge in [0.2, 0.25) is 0 Å². The molecule has 33 heavy (non-hydrogen) atoms. The van der Waals surface area contributed by atoms with Gasteiger partial charge in [-0.2, -0.15) is 0 Å². The largest absolute Gasteiger partial charge is 0.573 e. The van der Waals surface area contributed by atoms with Crippen LogP contribution in [0.4, 0.5) is 17.6 Å². The fraction of sp³-hybridized carbons (Fsp3) is 0.381. The number of hydrogen-bond donors (Lipinski definition) is 2. The molecule has 0 aliphatic carbocycles. The number of benzene rings is 2. The first-order valence-electron chi connectivity index (χ1n) is 9.99. The van der Waals surface area contributed by atoms with E-state index in [4.69, 9.17) is 16.3 Å². The van der Waals surface area contributed by atoms with Gasteiger partial charge in [0, 0.05) is 44.4 Å². The van der Waals surface area contributed by atoms with Gasteiger partial charge in [-0.25, -0.2) is 9.40 Å². The minimum Gasteiger partial charge on any atom is -0.491 e. The maximum Gasteiger partial charge on any atom is 0.573 e. The van der Waals surface area contributed by atoms with Gasteiger partial charge in [-0.15, -0.1) is 13.2 Å². The molecule has 180 valence electrons. The van der Waals surface area contributed by atoms with E-state index in [0.29, 0.717) is 32.7 Å². The lowest BCUT2D eigenvalue weighted by atomic mass is 10.2. The zero-order chi connectivity index (χ0) is 24.0. The third kappa shape index (κ3) is 8.04. The van der Waals surface area contributed by atoms with Crippen LogP contribution in [-0.2, 0) is 0 Å². The smallest absolute Gasteiger partial charge is 0.491 e. The summed E-state index contributed by atoms with van der Waals surface area (Å²) in [6.45, 7) is 2.40. The summed E-state index contributed by atoms with van der Waals surface area (Å²) in [7, 11) is 0. The number of carbonyl (C=O) groups is 1. The van der Waals surface area contributed by atoms with E-state index in [1.54, 1.807) is 5.01 Å². The van der Waals surface area contributed by atoms with Crippen LogP contribution in [0.25, 0.3) is 0 Å². The highest BCUT2D eigenvalue weighted by Gasteiger charge is 2.31. The number of carbonyl (C=O) groups excluding carboxylic acids is 1. The molecule has 2 N–H and O–H groups in total. The van der Waals surface area contributed by atoms with Gasteiger partial charge in [0.05, 0.1) is 5.02 Å². The van der Waals surface area contributed by atoms with Crippen molar-refractivity contribution < 1.29 is 36.9 Å². The zero-order valence-corrected chi connectivity index (χ0v) is 18.1. The Kier molecular flexibility index (Phi) is 8.35. The number of halogens is 5. The number of hydrogen-bond acceptors (Lipinski definition) is 6. The van der Waals surface area contributed by atoms with E-state index in [9.17, 15) is 27.5 Å². The number of hydrazine groups is 1. The average molecular weight is 492 g/mol. The number of aliphatic hydroxyl groups excluding tert-OH is 1. The minimum absolute atomic E-state index is 0.0136. The third-order valence-corrected chi connectivity index (χ3v) is 5.09. The topological polar surface area (TPSA) is 74.3 Å². The molecule has 1 heterocycles. The minimum atomic E-state index is -4.79. The molecule has 1 saturated heterocycles.